The lowest BCUT2D eigenvalue weighted by molar-refractivity contribution is -0.134. The van der Waals surface area contributed by atoms with Gasteiger partial charge in [0.2, 0.25) is 0 Å². The van der Waals surface area contributed by atoms with Crippen LogP contribution in [0.3, 0.4) is 0 Å². The Morgan fingerprint density at radius 3 is 2.45 bits per heavy atom. The first kappa shape index (κ1) is 14.1. The Kier molecular flexibility index (Phi) is 4.05. The summed E-state index contributed by atoms with van der Waals surface area (Å²) in [6.45, 7) is 0. The number of amides is 1. The van der Waals surface area contributed by atoms with Gasteiger partial charge >= 0.3 is 12.1 Å². The Morgan fingerprint density at radius 2 is 1.85 bits per heavy atom. The molecule has 0 aliphatic carbocycles. The number of esters is 1. The summed E-state index contributed by atoms with van der Waals surface area (Å²) in [5, 5.41) is 0. The zero-order valence-corrected chi connectivity index (χ0v) is 11.5. The third-order valence-electron chi connectivity index (χ3n) is 3.04. The highest BCUT2D eigenvalue weighted by molar-refractivity contribution is 6.04. The number of nitrogens with zero attached hydrogens (tertiary/aromatic N) is 1. The van der Waals surface area contributed by atoms with E-state index in [9.17, 15) is 9.59 Å². The van der Waals surface area contributed by atoms with Crippen LogP contribution in [0.2, 0.25) is 0 Å². The maximum Gasteiger partial charge on any atom is 0.416 e. The van der Waals surface area contributed by atoms with Gasteiger partial charge in [0.15, 0.2) is 6.23 Å². The summed E-state index contributed by atoms with van der Waals surface area (Å²) in [5.74, 6) is -0.511. The molecular formula is C14H15NO5. The number of para-hydroxylation sites is 1. The van der Waals surface area contributed by atoms with Gasteiger partial charge in [-0.05, 0) is 6.07 Å². The van der Waals surface area contributed by atoms with E-state index in [4.69, 9.17) is 9.47 Å². The fourth-order valence-corrected chi connectivity index (χ4v) is 2.19. The summed E-state index contributed by atoms with van der Waals surface area (Å²) < 4.78 is 14.7. The monoisotopic (exact) mass is 277 g/mol. The first-order valence-corrected chi connectivity index (χ1v) is 5.93. The van der Waals surface area contributed by atoms with Gasteiger partial charge in [0.25, 0.3) is 0 Å². The lowest BCUT2D eigenvalue weighted by atomic mass is 10.1. The third kappa shape index (κ3) is 2.25. The number of hydrogen-bond donors (Lipinski definition) is 0. The zero-order chi connectivity index (χ0) is 14.7. The smallest absolute Gasteiger partial charge is 0.416 e. The van der Waals surface area contributed by atoms with Gasteiger partial charge in [-0.25, -0.2) is 14.5 Å². The number of ether oxygens (including phenoxy) is 3. The second-order valence-electron chi connectivity index (χ2n) is 4.07. The van der Waals surface area contributed by atoms with Gasteiger partial charge in [-0.3, -0.25) is 0 Å². The molecule has 6 heteroatoms. The van der Waals surface area contributed by atoms with E-state index in [1.165, 1.54) is 32.3 Å². The molecule has 1 amide bonds. The van der Waals surface area contributed by atoms with Gasteiger partial charge in [-0.1, -0.05) is 18.2 Å². The van der Waals surface area contributed by atoms with Gasteiger partial charge in [0, 0.05) is 24.3 Å². The van der Waals surface area contributed by atoms with Gasteiger partial charge in [-0.2, -0.15) is 0 Å². The molecule has 0 aromatic heterocycles. The van der Waals surface area contributed by atoms with Crippen molar-refractivity contribution in [2.75, 3.05) is 26.2 Å². The number of fused-ring (bicyclic) bond motifs is 1. The van der Waals surface area contributed by atoms with Crippen LogP contribution in [0, 0.1) is 0 Å². The lowest BCUT2D eigenvalue weighted by Gasteiger charge is -2.22. The number of benzene rings is 1. The second kappa shape index (κ2) is 5.75. The van der Waals surface area contributed by atoms with Crippen molar-refractivity contribution in [3.05, 3.63) is 35.9 Å². The molecule has 106 valence electrons. The van der Waals surface area contributed by atoms with E-state index in [0.717, 1.165) is 5.56 Å². The summed E-state index contributed by atoms with van der Waals surface area (Å²) in [7, 11) is 4.04. The first-order chi connectivity index (χ1) is 9.63. The van der Waals surface area contributed by atoms with Crippen molar-refractivity contribution in [3.8, 4) is 0 Å². The van der Waals surface area contributed by atoms with Crippen LogP contribution in [0.4, 0.5) is 10.5 Å². The molecule has 1 heterocycles. The maximum atomic E-state index is 11.9. The van der Waals surface area contributed by atoms with Crippen LogP contribution in [0.25, 0.3) is 5.57 Å². The predicted octanol–water partition coefficient (Wildman–Crippen LogP) is 1.80. The normalized spacial score (nSPS) is 18.9. The molecule has 0 bridgehead atoms. The number of hydrogen-bond acceptors (Lipinski definition) is 5. The Morgan fingerprint density at radius 1 is 1.15 bits per heavy atom. The minimum Gasteiger partial charge on any atom is -0.466 e. The molecular weight excluding hydrogens is 262 g/mol. The molecule has 0 radical (unpaired) electrons. The minimum atomic E-state index is -0.723. The molecule has 6 nitrogen and oxygen atoms in total. The second-order valence-corrected chi connectivity index (χ2v) is 4.07. The summed E-state index contributed by atoms with van der Waals surface area (Å²) >= 11 is 0. The number of rotatable bonds is 2. The van der Waals surface area contributed by atoms with E-state index >= 15 is 0 Å². The van der Waals surface area contributed by atoms with Crippen molar-refractivity contribution in [1.29, 1.82) is 0 Å². The molecule has 0 N–H and O–H groups in total. The van der Waals surface area contributed by atoms with Crippen molar-refractivity contribution in [2.45, 2.75) is 6.23 Å². The Hall–Kier alpha value is -2.34. The molecule has 1 aliphatic heterocycles. The van der Waals surface area contributed by atoms with Crippen LogP contribution in [-0.4, -0.2) is 39.6 Å². The van der Waals surface area contributed by atoms with E-state index in [1.54, 1.807) is 18.2 Å². The van der Waals surface area contributed by atoms with Crippen LogP contribution < -0.4 is 4.90 Å². The Labute approximate surface area is 116 Å². The Bertz CT molecular complexity index is 566. The molecule has 1 aromatic rings. The Balaban J connectivity index is 2.56. The molecule has 0 saturated carbocycles. The van der Waals surface area contributed by atoms with Crippen LogP contribution in [0.5, 0.6) is 0 Å². The fourth-order valence-electron chi connectivity index (χ4n) is 2.19. The minimum absolute atomic E-state index is 0.511. The van der Waals surface area contributed by atoms with E-state index in [-0.39, 0.29) is 0 Å². The average Bonchev–Trinajstić information content (AvgIpc) is 2.80. The SMILES string of the molecule is COC(=O)/C=C1/c2ccccc2N(C(=O)OC)C1OC. The molecule has 0 spiro atoms. The number of carbonyl (C=O) groups excluding carboxylic acids is 2. The largest absolute Gasteiger partial charge is 0.466 e. The highest BCUT2D eigenvalue weighted by atomic mass is 16.6. The average molecular weight is 277 g/mol. The molecule has 1 atom stereocenters. The van der Waals surface area contributed by atoms with Crippen molar-refractivity contribution in [2.24, 2.45) is 0 Å². The summed E-state index contributed by atoms with van der Waals surface area (Å²) in [5.41, 5.74) is 1.91. The topological polar surface area (TPSA) is 65.1 Å². The highest BCUT2D eigenvalue weighted by Gasteiger charge is 2.39. The molecule has 2 rings (SSSR count). The summed E-state index contributed by atoms with van der Waals surface area (Å²) in [6.07, 6.45) is 0.0344. The van der Waals surface area contributed by atoms with Gasteiger partial charge in [0.1, 0.15) is 0 Å². The van der Waals surface area contributed by atoms with E-state index in [0.29, 0.717) is 11.3 Å². The number of carbonyl (C=O) groups is 2. The fraction of sp³-hybridized carbons (Fsp3) is 0.286. The summed E-state index contributed by atoms with van der Waals surface area (Å²) in [4.78, 5) is 24.8. The van der Waals surface area contributed by atoms with Crippen molar-refractivity contribution in [1.82, 2.24) is 0 Å². The van der Waals surface area contributed by atoms with Gasteiger partial charge in [-0.15, -0.1) is 0 Å². The maximum absolute atomic E-state index is 11.9. The standard InChI is InChI=1S/C14H15NO5/c1-18-12(16)8-10-9-6-4-5-7-11(9)15(13(10)19-2)14(17)20-3/h4-8,13H,1-3H3/b10-8-. The molecule has 1 unspecified atom stereocenters. The molecule has 0 fully saturated rings. The highest BCUT2D eigenvalue weighted by Crippen LogP contribution is 2.40. The van der Waals surface area contributed by atoms with Crippen LogP contribution in [0.15, 0.2) is 30.3 Å². The van der Waals surface area contributed by atoms with Crippen LogP contribution >= 0.6 is 0 Å². The van der Waals surface area contributed by atoms with E-state index in [1.807, 2.05) is 6.07 Å². The quantitative estimate of drug-likeness (QED) is 0.609. The molecule has 20 heavy (non-hydrogen) atoms. The van der Waals surface area contributed by atoms with Crippen LogP contribution in [-0.2, 0) is 19.0 Å². The predicted molar refractivity (Wildman–Crippen MR) is 72.1 cm³/mol. The van der Waals surface area contributed by atoms with Crippen molar-refractivity contribution in [3.63, 3.8) is 0 Å². The summed E-state index contributed by atoms with van der Waals surface area (Å²) in [6, 6.07) is 7.18. The lowest BCUT2D eigenvalue weighted by Crippen LogP contribution is -2.38. The number of methoxy groups -OCH3 is 3. The first-order valence-electron chi connectivity index (χ1n) is 5.93. The number of anilines is 1. The van der Waals surface area contributed by atoms with Crippen molar-refractivity contribution < 1.29 is 23.8 Å². The molecule has 0 saturated heterocycles. The van der Waals surface area contributed by atoms with Gasteiger partial charge in [0.05, 0.1) is 19.9 Å². The van der Waals surface area contributed by atoms with Crippen LogP contribution in [0.1, 0.15) is 5.56 Å². The van der Waals surface area contributed by atoms with E-state index < -0.39 is 18.3 Å². The van der Waals surface area contributed by atoms with E-state index in [2.05, 4.69) is 4.74 Å². The van der Waals surface area contributed by atoms with Gasteiger partial charge < -0.3 is 14.2 Å². The third-order valence-corrected chi connectivity index (χ3v) is 3.04. The zero-order valence-electron chi connectivity index (χ0n) is 11.5. The molecule has 1 aliphatic rings. The molecule has 1 aromatic carbocycles. The van der Waals surface area contributed by atoms with Crippen molar-refractivity contribution >= 4 is 23.3 Å².